The number of aliphatic imine (C=N–C) groups is 1. The SMILES string of the molecule is CC(=O)N[C@@H](Cc1ccccc1)C(=O)NC1CNC(=O)[C@H](CCCN=C(N)N)NC(=O)[C@H](Cc2c[nH]c3ccccc23)NC(=O)[C@@H](CC2CCCCC2)NC(=O)C(C(C)C)NC1=O. The van der Waals surface area contributed by atoms with E-state index in [1.165, 1.54) is 6.92 Å². The molecule has 0 bridgehead atoms. The third kappa shape index (κ3) is 14.3. The lowest BCUT2D eigenvalue weighted by molar-refractivity contribution is -0.137. The van der Waals surface area contributed by atoms with Crippen molar-refractivity contribution in [3.05, 3.63) is 71.9 Å². The number of nitrogens with zero attached hydrogens (tertiary/aromatic N) is 1. The Kier molecular flexibility index (Phi) is 17.5. The summed E-state index contributed by atoms with van der Waals surface area (Å²) in [5, 5.41) is 20.3. The predicted octanol–water partition coefficient (Wildman–Crippen LogP) is 0.692. The van der Waals surface area contributed by atoms with Crippen molar-refractivity contribution in [3.63, 3.8) is 0 Å². The Balaban J connectivity index is 1.52. The molecule has 2 unspecified atom stereocenters. The molecule has 18 heteroatoms. The summed E-state index contributed by atoms with van der Waals surface area (Å²) in [6, 6.07) is 9.33. The second-order valence-corrected chi connectivity index (χ2v) is 16.9. The summed E-state index contributed by atoms with van der Waals surface area (Å²) in [7, 11) is 0. The normalized spacial score (nSPS) is 22.5. The van der Waals surface area contributed by atoms with Crippen molar-refractivity contribution in [1.82, 2.24) is 42.2 Å². The van der Waals surface area contributed by atoms with E-state index in [0.717, 1.165) is 54.1 Å². The first kappa shape index (κ1) is 47.6. The highest BCUT2D eigenvalue weighted by Crippen LogP contribution is 2.28. The summed E-state index contributed by atoms with van der Waals surface area (Å²) < 4.78 is 0. The van der Waals surface area contributed by atoms with Crippen LogP contribution in [-0.2, 0) is 46.4 Å². The van der Waals surface area contributed by atoms with Crippen molar-refractivity contribution < 1.29 is 33.6 Å². The number of carbonyl (C=O) groups is 7. The third-order valence-electron chi connectivity index (χ3n) is 11.6. The Morgan fingerprint density at radius 3 is 2.16 bits per heavy atom. The molecule has 2 aliphatic rings. The lowest BCUT2D eigenvalue weighted by Crippen LogP contribution is -2.63. The average molecular weight is 870 g/mol. The van der Waals surface area contributed by atoms with E-state index in [-0.39, 0.29) is 44.1 Å². The Labute approximate surface area is 367 Å². The molecule has 6 atom stereocenters. The molecule has 63 heavy (non-hydrogen) atoms. The molecular weight excluding hydrogens is 807 g/mol. The number of para-hydroxylation sites is 1. The molecule has 1 saturated heterocycles. The smallest absolute Gasteiger partial charge is 0.245 e. The van der Waals surface area contributed by atoms with Gasteiger partial charge in [-0.05, 0) is 48.3 Å². The van der Waals surface area contributed by atoms with E-state index in [2.05, 4.69) is 47.2 Å². The lowest BCUT2D eigenvalue weighted by Gasteiger charge is -2.31. The number of fused-ring (bicyclic) bond motifs is 1. The van der Waals surface area contributed by atoms with Gasteiger partial charge in [0.15, 0.2) is 5.96 Å². The Morgan fingerprint density at radius 2 is 1.46 bits per heavy atom. The zero-order valence-corrected chi connectivity index (χ0v) is 36.3. The fourth-order valence-electron chi connectivity index (χ4n) is 8.20. The van der Waals surface area contributed by atoms with Gasteiger partial charge in [-0.2, -0.15) is 0 Å². The molecule has 5 rings (SSSR count). The Morgan fingerprint density at radius 1 is 0.794 bits per heavy atom. The third-order valence-corrected chi connectivity index (χ3v) is 11.6. The first-order valence-electron chi connectivity index (χ1n) is 21.9. The molecule has 2 aromatic carbocycles. The molecule has 2 heterocycles. The minimum absolute atomic E-state index is 0.0469. The first-order valence-corrected chi connectivity index (χ1v) is 21.9. The quantitative estimate of drug-likeness (QED) is 0.0619. The van der Waals surface area contributed by atoms with Gasteiger partial charge in [-0.3, -0.25) is 38.6 Å². The molecular formula is C45H63N11O7. The van der Waals surface area contributed by atoms with Gasteiger partial charge in [0.25, 0.3) is 0 Å². The van der Waals surface area contributed by atoms with Gasteiger partial charge in [0.05, 0.1) is 0 Å². The van der Waals surface area contributed by atoms with Crippen molar-refractivity contribution in [2.75, 3.05) is 13.1 Å². The number of rotatable bonds is 14. The molecule has 18 nitrogen and oxygen atoms in total. The van der Waals surface area contributed by atoms with Crippen molar-refractivity contribution in [1.29, 1.82) is 0 Å². The summed E-state index contributed by atoms with van der Waals surface area (Å²) in [6.45, 7) is 4.42. The maximum atomic E-state index is 14.5. The zero-order chi connectivity index (χ0) is 45.5. The maximum Gasteiger partial charge on any atom is 0.245 e. The largest absolute Gasteiger partial charge is 0.370 e. The number of nitrogens with two attached hydrogens (primary N) is 2. The summed E-state index contributed by atoms with van der Waals surface area (Å²) in [4.78, 5) is 105. The predicted molar refractivity (Wildman–Crippen MR) is 238 cm³/mol. The number of aromatic amines is 1. The second kappa shape index (κ2) is 23.1. The van der Waals surface area contributed by atoms with Gasteiger partial charge in [-0.25, -0.2) is 0 Å². The standard InChI is InChI=1S/C45H63N11O7/c1-26(2)38-44(63)54-35(22-29-15-8-5-9-16-29)41(60)53-36(23-30-24-49-32-18-11-10-17-31(30)32)42(61)52-33(19-12-20-48-45(46)47)39(58)50-25-37(43(62)56-38)55-40(59)34(51-27(3)57)21-28-13-6-4-7-14-28/h4,6-7,10-11,13-14,17-18,24,26,29,33-38,49H,5,8-9,12,15-16,19-23,25H2,1-3H3,(H,50,58)(H,51,57)(H,52,61)(H,53,60)(H,54,63)(H,55,59)(H,56,62)(H4,46,47,48)/t33-,34-,35+,36-,37?,38?/m0/s1. The number of guanidine groups is 1. The van der Waals surface area contributed by atoms with Crippen LogP contribution < -0.4 is 48.7 Å². The minimum Gasteiger partial charge on any atom is -0.370 e. The fraction of sp³-hybridized carbons (Fsp3) is 0.511. The van der Waals surface area contributed by atoms with Gasteiger partial charge >= 0.3 is 0 Å². The van der Waals surface area contributed by atoms with Crippen LogP contribution in [0.5, 0.6) is 0 Å². The van der Waals surface area contributed by atoms with Crippen LogP contribution in [0, 0.1) is 11.8 Å². The van der Waals surface area contributed by atoms with Crippen molar-refractivity contribution in [2.24, 2.45) is 28.3 Å². The number of amides is 7. The van der Waals surface area contributed by atoms with Crippen molar-refractivity contribution in [3.8, 4) is 0 Å². The van der Waals surface area contributed by atoms with Crippen LogP contribution in [0.15, 0.2) is 65.8 Å². The average Bonchev–Trinajstić information content (AvgIpc) is 3.66. The molecule has 0 radical (unpaired) electrons. The van der Waals surface area contributed by atoms with E-state index in [1.54, 1.807) is 44.3 Å². The second-order valence-electron chi connectivity index (χ2n) is 16.9. The van der Waals surface area contributed by atoms with Crippen LogP contribution in [0.4, 0.5) is 0 Å². The highest BCUT2D eigenvalue weighted by atomic mass is 16.2. The molecule has 3 aromatic rings. The molecule has 1 aliphatic heterocycles. The summed E-state index contributed by atoms with van der Waals surface area (Å²) in [5.74, 6) is -5.07. The van der Waals surface area contributed by atoms with Gasteiger partial charge in [0.1, 0.15) is 36.3 Å². The maximum absolute atomic E-state index is 14.5. The first-order chi connectivity index (χ1) is 30.2. The van der Waals surface area contributed by atoms with E-state index in [4.69, 9.17) is 11.5 Å². The Hall–Kier alpha value is -6.46. The van der Waals surface area contributed by atoms with Gasteiger partial charge < -0.3 is 53.7 Å². The summed E-state index contributed by atoms with van der Waals surface area (Å²) in [6.07, 6.45) is 7.31. The van der Waals surface area contributed by atoms with Crippen LogP contribution >= 0.6 is 0 Å². The molecule has 1 saturated carbocycles. The van der Waals surface area contributed by atoms with Crippen LogP contribution in [0.3, 0.4) is 0 Å². The molecule has 0 spiro atoms. The molecule has 7 amide bonds. The monoisotopic (exact) mass is 869 g/mol. The molecule has 1 aliphatic carbocycles. The Bertz CT molecular complexity index is 2100. The number of H-pyrrole nitrogens is 1. The summed E-state index contributed by atoms with van der Waals surface area (Å²) >= 11 is 0. The molecule has 340 valence electrons. The van der Waals surface area contributed by atoms with Gasteiger partial charge in [-0.1, -0.05) is 94.5 Å². The number of hydrogen-bond acceptors (Lipinski definition) is 8. The minimum atomic E-state index is -1.45. The van der Waals surface area contributed by atoms with E-state index in [9.17, 15) is 33.6 Å². The number of aromatic nitrogens is 1. The van der Waals surface area contributed by atoms with Crippen LogP contribution in [0.1, 0.15) is 83.3 Å². The molecule has 2 fully saturated rings. The lowest BCUT2D eigenvalue weighted by atomic mass is 9.84. The van der Waals surface area contributed by atoms with Crippen LogP contribution in [-0.4, -0.2) is 102 Å². The molecule has 12 N–H and O–H groups in total. The number of nitrogens with one attached hydrogen (secondary N) is 8. The van der Waals surface area contributed by atoms with E-state index < -0.39 is 90.1 Å². The van der Waals surface area contributed by atoms with Crippen molar-refractivity contribution in [2.45, 2.75) is 121 Å². The fourth-order valence-corrected chi connectivity index (χ4v) is 8.20. The molecule has 1 aromatic heterocycles. The van der Waals surface area contributed by atoms with E-state index in [1.807, 2.05) is 30.3 Å². The van der Waals surface area contributed by atoms with Gasteiger partial charge in [-0.15, -0.1) is 0 Å². The van der Waals surface area contributed by atoms with Gasteiger partial charge in [0, 0.05) is 50.0 Å². The van der Waals surface area contributed by atoms with Gasteiger partial charge in [0.2, 0.25) is 41.4 Å². The van der Waals surface area contributed by atoms with Crippen LogP contribution in [0.25, 0.3) is 10.9 Å². The highest BCUT2D eigenvalue weighted by Gasteiger charge is 2.36. The topological polar surface area (TPSA) is 284 Å². The number of benzene rings is 2. The zero-order valence-electron chi connectivity index (χ0n) is 36.3. The van der Waals surface area contributed by atoms with E-state index in [0.29, 0.717) is 6.42 Å². The highest BCUT2D eigenvalue weighted by molar-refractivity contribution is 5.98. The summed E-state index contributed by atoms with van der Waals surface area (Å²) in [5.41, 5.74) is 13.4. The van der Waals surface area contributed by atoms with Crippen LogP contribution in [0.2, 0.25) is 0 Å². The van der Waals surface area contributed by atoms with E-state index >= 15 is 0 Å². The number of carbonyl (C=O) groups excluding carboxylic acids is 7. The van der Waals surface area contributed by atoms with Crippen molar-refractivity contribution >= 4 is 58.2 Å². The number of hydrogen-bond donors (Lipinski definition) is 10.